The Labute approximate surface area is 83.3 Å². The Morgan fingerprint density at radius 1 is 1.57 bits per heavy atom. The molecule has 3 heteroatoms. The number of Topliss-reactive ketones (excluding diaryl/α,β-unsaturated/α-hetero) is 1. The van der Waals surface area contributed by atoms with Gasteiger partial charge in [0.15, 0.2) is 5.78 Å². The number of aromatic nitrogens is 1. The van der Waals surface area contributed by atoms with Gasteiger partial charge in [-0.05, 0) is 37.8 Å². The third kappa shape index (κ3) is 1.55. The summed E-state index contributed by atoms with van der Waals surface area (Å²) in [6, 6.07) is 1.51. The lowest BCUT2D eigenvalue weighted by atomic mass is 10.1. The number of hydrogen-bond donors (Lipinski definition) is 1. The Balaban J connectivity index is 2.33. The number of carbonyl (C=O) groups is 1. The lowest BCUT2D eigenvalue weighted by Crippen LogP contribution is -2.26. The standard InChI is InChI=1S/C11H14N2O/c1-7(12)11(14)9-5-8-3-2-4-10(8)13-6-9/h5-7H,2-4,12H2,1H3. The molecule has 14 heavy (non-hydrogen) atoms. The molecule has 0 radical (unpaired) electrons. The smallest absolute Gasteiger partial charge is 0.180 e. The SMILES string of the molecule is CC(N)C(=O)c1cnc2c(c1)CCC2. The van der Waals surface area contributed by atoms with Crippen molar-refractivity contribution in [2.45, 2.75) is 32.2 Å². The first kappa shape index (κ1) is 9.34. The number of aryl methyl sites for hydroxylation is 2. The fourth-order valence-corrected chi connectivity index (χ4v) is 1.82. The fraction of sp³-hybridized carbons (Fsp3) is 0.455. The molecule has 2 rings (SSSR count). The zero-order valence-corrected chi connectivity index (χ0v) is 8.29. The molecule has 0 aromatic carbocycles. The van der Waals surface area contributed by atoms with Gasteiger partial charge in [-0.15, -0.1) is 0 Å². The minimum atomic E-state index is -0.434. The molecule has 0 amide bonds. The van der Waals surface area contributed by atoms with E-state index in [0.717, 1.165) is 25.0 Å². The van der Waals surface area contributed by atoms with Gasteiger partial charge in [0.25, 0.3) is 0 Å². The summed E-state index contributed by atoms with van der Waals surface area (Å²) in [6.45, 7) is 1.70. The molecule has 0 spiro atoms. The highest BCUT2D eigenvalue weighted by molar-refractivity contribution is 5.99. The van der Waals surface area contributed by atoms with E-state index >= 15 is 0 Å². The van der Waals surface area contributed by atoms with Crippen molar-refractivity contribution in [3.05, 3.63) is 29.1 Å². The molecule has 1 aliphatic rings. The van der Waals surface area contributed by atoms with E-state index in [1.165, 1.54) is 5.56 Å². The van der Waals surface area contributed by atoms with E-state index in [-0.39, 0.29) is 5.78 Å². The molecule has 0 fully saturated rings. The molecule has 0 aliphatic heterocycles. The van der Waals surface area contributed by atoms with Crippen LogP contribution < -0.4 is 5.73 Å². The molecular formula is C11H14N2O. The second-order valence-corrected chi connectivity index (χ2v) is 3.84. The quantitative estimate of drug-likeness (QED) is 0.710. The molecule has 0 bridgehead atoms. The number of rotatable bonds is 2. The fourth-order valence-electron chi connectivity index (χ4n) is 1.82. The van der Waals surface area contributed by atoms with Crippen LogP contribution in [-0.4, -0.2) is 16.8 Å². The molecule has 2 N–H and O–H groups in total. The topological polar surface area (TPSA) is 56.0 Å². The first-order chi connectivity index (χ1) is 6.68. The van der Waals surface area contributed by atoms with Crippen LogP contribution >= 0.6 is 0 Å². The van der Waals surface area contributed by atoms with Gasteiger partial charge in [0.1, 0.15) is 0 Å². The molecule has 3 nitrogen and oxygen atoms in total. The van der Waals surface area contributed by atoms with E-state index < -0.39 is 6.04 Å². The predicted molar refractivity (Wildman–Crippen MR) is 54.2 cm³/mol. The van der Waals surface area contributed by atoms with E-state index in [0.29, 0.717) is 5.56 Å². The largest absolute Gasteiger partial charge is 0.321 e. The van der Waals surface area contributed by atoms with Crippen LogP contribution in [0.1, 0.15) is 35.0 Å². The molecule has 1 aliphatic carbocycles. The predicted octanol–water partition coefficient (Wildman–Crippen LogP) is 1.10. The van der Waals surface area contributed by atoms with Crippen LogP contribution in [0.4, 0.5) is 0 Å². The van der Waals surface area contributed by atoms with Crippen LogP contribution in [0.2, 0.25) is 0 Å². The van der Waals surface area contributed by atoms with Crippen LogP contribution in [0, 0.1) is 0 Å². The van der Waals surface area contributed by atoms with Crippen molar-refractivity contribution in [3.63, 3.8) is 0 Å². The zero-order chi connectivity index (χ0) is 10.1. The minimum absolute atomic E-state index is 0.0211. The van der Waals surface area contributed by atoms with Gasteiger partial charge in [-0.25, -0.2) is 0 Å². The lowest BCUT2D eigenvalue weighted by molar-refractivity contribution is 0.0967. The second kappa shape index (κ2) is 3.50. The summed E-state index contributed by atoms with van der Waals surface area (Å²) >= 11 is 0. The van der Waals surface area contributed by atoms with Gasteiger partial charge in [0, 0.05) is 17.5 Å². The number of hydrogen-bond acceptors (Lipinski definition) is 3. The summed E-state index contributed by atoms with van der Waals surface area (Å²) < 4.78 is 0. The lowest BCUT2D eigenvalue weighted by Gasteiger charge is -2.05. The molecular weight excluding hydrogens is 176 g/mol. The van der Waals surface area contributed by atoms with Crippen molar-refractivity contribution >= 4 is 5.78 Å². The number of nitrogens with two attached hydrogens (primary N) is 1. The van der Waals surface area contributed by atoms with Gasteiger partial charge < -0.3 is 5.73 Å². The van der Waals surface area contributed by atoms with Crippen LogP contribution in [-0.2, 0) is 12.8 Å². The van der Waals surface area contributed by atoms with E-state index in [9.17, 15) is 4.79 Å². The maximum Gasteiger partial charge on any atom is 0.180 e. The monoisotopic (exact) mass is 190 g/mol. The molecule has 1 heterocycles. The number of pyridine rings is 1. The summed E-state index contributed by atoms with van der Waals surface area (Å²) in [5.74, 6) is -0.0211. The number of fused-ring (bicyclic) bond motifs is 1. The van der Waals surface area contributed by atoms with Gasteiger partial charge in [0.05, 0.1) is 6.04 Å². The first-order valence-corrected chi connectivity index (χ1v) is 4.96. The van der Waals surface area contributed by atoms with Gasteiger partial charge in [-0.1, -0.05) is 0 Å². The maximum atomic E-state index is 11.6. The average Bonchev–Trinajstić information content (AvgIpc) is 2.62. The number of carbonyl (C=O) groups excluding carboxylic acids is 1. The maximum absolute atomic E-state index is 11.6. The normalized spacial score (nSPS) is 16.4. The molecule has 1 atom stereocenters. The van der Waals surface area contributed by atoms with Gasteiger partial charge in [-0.2, -0.15) is 0 Å². The first-order valence-electron chi connectivity index (χ1n) is 4.96. The molecule has 74 valence electrons. The van der Waals surface area contributed by atoms with Crippen LogP contribution in [0.3, 0.4) is 0 Å². The summed E-state index contributed by atoms with van der Waals surface area (Å²) in [5.41, 5.74) is 8.55. The highest BCUT2D eigenvalue weighted by Gasteiger charge is 2.16. The van der Waals surface area contributed by atoms with Crippen molar-refractivity contribution < 1.29 is 4.79 Å². The van der Waals surface area contributed by atoms with E-state index in [1.807, 2.05) is 6.07 Å². The third-order valence-corrected chi connectivity index (χ3v) is 2.62. The molecule has 1 unspecified atom stereocenters. The average molecular weight is 190 g/mol. The summed E-state index contributed by atoms with van der Waals surface area (Å²) in [7, 11) is 0. The zero-order valence-electron chi connectivity index (χ0n) is 8.29. The van der Waals surface area contributed by atoms with Crippen LogP contribution in [0.5, 0.6) is 0 Å². The van der Waals surface area contributed by atoms with Gasteiger partial charge in [-0.3, -0.25) is 9.78 Å². The molecule has 0 saturated heterocycles. The van der Waals surface area contributed by atoms with Gasteiger partial charge >= 0.3 is 0 Å². The summed E-state index contributed by atoms with van der Waals surface area (Å²) in [5, 5.41) is 0. The summed E-state index contributed by atoms with van der Waals surface area (Å²) in [6.07, 6.45) is 4.89. The highest BCUT2D eigenvalue weighted by Crippen LogP contribution is 2.20. The van der Waals surface area contributed by atoms with Crippen molar-refractivity contribution in [3.8, 4) is 0 Å². The number of nitrogens with zero attached hydrogens (tertiary/aromatic N) is 1. The Morgan fingerprint density at radius 2 is 2.36 bits per heavy atom. The van der Waals surface area contributed by atoms with Crippen LogP contribution in [0.15, 0.2) is 12.3 Å². The van der Waals surface area contributed by atoms with Crippen molar-refractivity contribution in [1.29, 1.82) is 0 Å². The van der Waals surface area contributed by atoms with E-state index in [2.05, 4.69) is 4.98 Å². The molecule has 1 aromatic rings. The van der Waals surface area contributed by atoms with E-state index in [4.69, 9.17) is 5.73 Å². The Hall–Kier alpha value is -1.22. The Kier molecular flexibility index (Phi) is 2.33. The second-order valence-electron chi connectivity index (χ2n) is 3.84. The molecule has 0 saturated carbocycles. The minimum Gasteiger partial charge on any atom is -0.321 e. The molecule has 1 aromatic heterocycles. The van der Waals surface area contributed by atoms with Crippen molar-refractivity contribution in [1.82, 2.24) is 4.98 Å². The van der Waals surface area contributed by atoms with Crippen molar-refractivity contribution in [2.24, 2.45) is 5.73 Å². The van der Waals surface area contributed by atoms with Crippen molar-refractivity contribution in [2.75, 3.05) is 0 Å². The van der Waals surface area contributed by atoms with Crippen LogP contribution in [0.25, 0.3) is 0 Å². The Bertz CT molecular complexity index is 372. The van der Waals surface area contributed by atoms with E-state index in [1.54, 1.807) is 13.1 Å². The number of ketones is 1. The van der Waals surface area contributed by atoms with Gasteiger partial charge in [0.2, 0.25) is 0 Å². The highest BCUT2D eigenvalue weighted by atomic mass is 16.1. The Morgan fingerprint density at radius 3 is 3.07 bits per heavy atom. The summed E-state index contributed by atoms with van der Waals surface area (Å²) in [4.78, 5) is 15.9. The third-order valence-electron chi connectivity index (χ3n) is 2.62.